The minimum atomic E-state index is -0.388. The van der Waals surface area contributed by atoms with Gasteiger partial charge in [0.2, 0.25) is 5.91 Å². The molecule has 0 saturated carbocycles. The number of amides is 1. The lowest BCUT2D eigenvalue weighted by atomic mass is 10.0. The molecule has 29 heavy (non-hydrogen) atoms. The van der Waals surface area contributed by atoms with Gasteiger partial charge in [-0.15, -0.1) is 0 Å². The van der Waals surface area contributed by atoms with Crippen molar-refractivity contribution in [3.8, 4) is 5.75 Å². The summed E-state index contributed by atoms with van der Waals surface area (Å²) in [7, 11) is 1.64. The number of hydrogen-bond acceptors (Lipinski definition) is 5. The number of nitrogens with one attached hydrogen (secondary N) is 1. The molecule has 2 aromatic rings. The molecule has 2 heterocycles. The third-order valence-electron chi connectivity index (χ3n) is 5.39. The fourth-order valence-electron chi connectivity index (χ4n) is 3.99. The van der Waals surface area contributed by atoms with E-state index in [4.69, 9.17) is 9.47 Å². The molecule has 0 spiro atoms. The third-order valence-corrected chi connectivity index (χ3v) is 5.39. The van der Waals surface area contributed by atoms with E-state index in [0.29, 0.717) is 31.7 Å². The van der Waals surface area contributed by atoms with E-state index >= 15 is 0 Å². The van der Waals surface area contributed by atoms with Crippen molar-refractivity contribution in [2.75, 3.05) is 13.7 Å². The summed E-state index contributed by atoms with van der Waals surface area (Å²) in [6.07, 6.45) is 5.02. The van der Waals surface area contributed by atoms with Gasteiger partial charge in [-0.25, -0.2) is 4.79 Å². The summed E-state index contributed by atoms with van der Waals surface area (Å²) in [6, 6.07) is 7.98. The molecular weight excluding hydrogens is 370 g/mol. The normalized spacial score (nSPS) is 17.7. The minimum Gasteiger partial charge on any atom is -0.497 e. The molecular formula is C22H25N3O4. The van der Waals surface area contributed by atoms with Gasteiger partial charge in [0, 0.05) is 18.0 Å². The number of benzene rings is 1. The number of ether oxygens (including phenoxy) is 2. The van der Waals surface area contributed by atoms with Crippen molar-refractivity contribution in [2.45, 2.75) is 45.2 Å². The van der Waals surface area contributed by atoms with E-state index in [1.807, 2.05) is 28.9 Å². The number of aromatic nitrogens is 2. The Bertz CT molecular complexity index is 959. The molecule has 1 amide bonds. The number of rotatable bonds is 7. The van der Waals surface area contributed by atoms with Crippen molar-refractivity contribution in [3.63, 3.8) is 0 Å². The van der Waals surface area contributed by atoms with Crippen LogP contribution in [-0.2, 0) is 22.5 Å². The molecule has 1 aliphatic carbocycles. The molecule has 0 unspecified atom stereocenters. The molecule has 7 heteroatoms. The van der Waals surface area contributed by atoms with Crippen LogP contribution in [0.25, 0.3) is 6.08 Å². The van der Waals surface area contributed by atoms with E-state index in [2.05, 4.69) is 16.5 Å². The Morgan fingerprint density at radius 3 is 2.76 bits per heavy atom. The van der Waals surface area contributed by atoms with Gasteiger partial charge in [-0.2, -0.15) is 5.10 Å². The molecule has 7 nitrogen and oxygen atoms in total. The number of nitrogens with zero attached hydrogens (tertiary/aromatic N) is 2. The maximum Gasteiger partial charge on any atom is 0.359 e. The highest BCUT2D eigenvalue weighted by Crippen LogP contribution is 2.32. The number of carbonyl (C=O) groups is 2. The second-order valence-electron chi connectivity index (χ2n) is 7.43. The molecule has 2 aliphatic rings. The average molecular weight is 395 g/mol. The Balaban J connectivity index is 1.60. The van der Waals surface area contributed by atoms with Crippen molar-refractivity contribution in [1.29, 1.82) is 0 Å². The van der Waals surface area contributed by atoms with Gasteiger partial charge in [-0.1, -0.05) is 17.7 Å². The van der Waals surface area contributed by atoms with Crippen LogP contribution in [-0.4, -0.2) is 41.4 Å². The predicted octanol–water partition coefficient (Wildman–Crippen LogP) is 2.72. The Kier molecular flexibility index (Phi) is 5.38. The van der Waals surface area contributed by atoms with Crippen molar-refractivity contribution in [3.05, 3.63) is 52.4 Å². The lowest BCUT2D eigenvalue weighted by Gasteiger charge is -2.11. The Labute approximate surface area is 169 Å². The fourth-order valence-corrected chi connectivity index (χ4v) is 3.99. The SMILES string of the molecule is CCOC(=O)c1nn(Cc2ccc(OC)cc2)c2c1CC(C[C@H]1CCC(=O)N1)=C2. The molecule has 4 rings (SSSR count). The standard InChI is InChI=1S/C22H25N3O4/c1-3-29-22(27)21-18-11-15(10-16-6-9-20(26)23-16)12-19(18)25(24-21)13-14-4-7-17(28-2)8-5-14/h4-5,7-8,12,16H,3,6,9-11,13H2,1-2H3,(H,23,26)/t16-/m1/s1. The van der Waals surface area contributed by atoms with Crippen LogP contribution in [0.1, 0.15) is 53.5 Å². The summed E-state index contributed by atoms with van der Waals surface area (Å²) >= 11 is 0. The number of hydrogen-bond donors (Lipinski definition) is 1. The van der Waals surface area contributed by atoms with Crippen molar-refractivity contribution in [1.82, 2.24) is 15.1 Å². The lowest BCUT2D eigenvalue weighted by Crippen LogP contribution is -2.25. The zero-order chi connectivity index (χ0) is 20.4. The molecule has 1 fully saturated rings. The first kappa shape index (κ1) is 19.2. The van der Waals surface area contributed by atoms with Crippen LogP contribution in [0.3, 0.4) is 0 Å². The molecule has 1 aromatic heterocycles. The van der Waals surface area contributed by atoms with E-state index in [-0.39, 0.29) is 17.9 Å². The molecule has 0 bridgehead atoms. The quantitative estimate of drug-likeness (QED) is 0.729. The second kappa shape index (κ2) is 8.11. The molecule has 152 valence electrons. The summed E-state index contributed by atoms with van der Waals surface area (Å²) in [5, 5.41) is 7.58. The number of fused-ring (bicyclic) bond motifs is 1. The van der Waals surface area contributed by atoms with E-state index < -0.39 is 0 Å². The van der Waals surface area contributed by atoms with Crippen LogP contribution in [0.4, 0.5) is 0 Å². The largest absolute Gasteiger partial charge is 0.497 e. The molecule has 1 atom stereocenters. The number of carbonyl (C=O) groups excluding carboxylic acids is 2. The summed E-state index contributed by atoms with van der Waals surface area (Å²) in [5.41, 5.74) is 4.52. The van der Waals surface area contributed by atoms with Gasteiger partial charge >= 0.3 is 5.97 Å². The van der Waals surface area contributed by atoms with Crippen molar-refractivity contribution in [2.24, 2.45) is 0 Å². The Morgan fingerprint density at radius 2 is 2.10 bits per heavy atom. The van der Waals surface area contributed by atoms with Gasteiger partial charge in [-0.3, -0.25) is 9.48 Å². The van der Waals surface area contributed by atoms with Crippen LogP contribution in [0.15, 0.2) is 29.8 Å². The Morgan fingerprint density at radius 1 is 1.31 bits per heavy atom. The van der Waals surface area contributed by atoms with Gasteiger partial charge in [0.15, 0.2) is 5.69 Å². The van der Waals surface area contributed by atoms with E-state index in [0.717, 1.165) is 35.4 Å². The van der Waals surface area contributed by atoms with Crippen LogP contribution in [0.2, 0.25) is 0 Å². The summed E-state index contributed by atoms with van der Waals surface area (Å²) < 4.78 is 12.3. The topological polar surface area (TPSA) is 82.4 Å². The molecule has 0 radical (unpaired) electrons. The molecule has 1 aromatic carbocycles. The second-order valence-corrected chi connectivity index (χ2v) is 7.43. The molecule has 1 saturated heterocycles. The maximum absolute atomic E-state index is 12.5. The lowest BCUT2D eigenvalue weighted by molar-refractivity contribution is -0.119. The fraction of sp³-hybridized carbons (Fsp3) is 0.409. The van der Waals surface area contributed by atoms with Gasteiger partial charge in [-0.05, 0) is 50.0 Å². The van der Waals surface area contributed by atoms with E-state index in [9.17, 15) is 9.59 Å². The Hall–Kier alpha value is -3.09. The molecule has 1 aliphatic heterocycles. The summed E-state index contributed by atoms with van der Waals surface area (Å²) in [4.78, 5) is 24.0. The van der Waals surface area contributed by atoms with Gasteiger partial charge < -0.3 is 14.8 Å². The smallest absolute Gasteiger partial charge is 0.359 e. The number of esters is 1. The highest BCUT2D eigenvalue weighted by Gasteiger charge is 2.30. The van der Waals surface area contributed by atoms with E-state index in [1.54, 1.807) is 14.0 Å². The summed E-state index contributed by atoms with van der Waals surface area (Å²) in [6.45, 7) is 2.65. The van der Waals surface area contributed by atoms with Crippen LogP contribution in [0, 0.1) is 0 Å². The molecule has 1 N–H and O–H groups in total. The van der Waals surface area contributed by atoms with Crippen LogP contribution < -0.4 is 10.1 Å². The highest BCUT2D eigenvalue weighted by atomic mass is 16.5. The van der Waals surface area contributed by atoms with Crippen molar-refractivity contribution >= 4 is 18.0 Å². The first-order valence-corrected chi connectivity index (χ1v) is 9.96. The third kappa shape index (κ3) is 4.04. The first-order chi connectivity index (χ1) is 14.1. The zero-order valence-corrected chi connectivity index (χ0v) is 16.7. The average Bonchev–Trinajstić information content (AvgIpc) is 3.39. The monoisotopic (exact) mass is 395 g/mol. The van der Waals surface area contributed by atoms with Gasteiger partial charge in [0.25, 0.3) is 0 Å². The predicted molar refractivity (Wildman–Crippen MR) is 108 cm³/mol. The first-order valence-electron chi connectivity index (χ1n) is 9.96. The highest BCUT2D eigenvalue weighted by molar-refractivity contribution is 5.91. The van der Waals surface area contributed by atoms with Crippen molar-refractivity contribution < 1.29 is 19.1 Å². The minimum absolute atomic E-state index is 0.115. The van der Waals surface area contributed by atoms with Gasteiger partial charge in [0.05, 0.1) is 26.0 Å². The maximum atomic E-state index is 12.5. The van der Waals surface area contributed by atoms with Gasteiger partial charge in [0.1, 0.15) is 5.75 Å². The zero-order valence-electron chi connectivity index (χ0n) is 16.7. The van der Waals surface area contributed by atoms with E-state index in [1.165, 1.54) is 5.57 Å². The van der Waals surface area contributed by atoms with Crippen LogP contribution in [0.5, 0.6) is 5.75 Å². The van der Waals surface area contributed by atoms with Crippen LogP contribution >= 0.6 is 0 Å². The summed E-state index contributed by atoms with van der Waals surface area (Å²) in [5.74, 6) is 0.525. The number of methoxy groups -OCH3 is 1.